The van der Waals surface area contributed by atoms with Crippen molar-refractivity contribution in [2.75, 3.05) is 25.1 Å². The van der Waals surface area contributed by atoms with Crippen molar-refractivity contribution >= 4 is 21.9 Å². The lowest BCUT2D eigenvalue weighted by Gasteiger charge is -2.34. The molecule has 5 heteroatoms. The number of aromatic nitrogens is 2. The van der Waals surface area contributed by atoms with Gasteiger partial charge in [-0.15, -0.1) is 0 Å². The Labute approximate surface area is 117 Å². The average Bonchev–Trinajstić information content (AvgIpc) is 2.26. The Balaban J connectivity index is 2.02. The first-order chi connectivity index (χ1) is 8.58. The predicted octanol–water partition coefficient (Wildman–Crippen LogP) is 2.79. The fourth-order valence-electron chi connectivity index (χ4n) is 2.19. The number of anilines is 1. The highest BCUT2D eigenvalue weighted by atomic mass is 79.9. The molecule has 1 aliphatic carbocycles. The standard InChI is InChI=1S/C13H20BrN3O/c1-4-18-12-5-9(2)15-13(16-12)17(3)8-10-6-11(14)7-10/h5,10-11H,4,6-8H2,1-3H3. The van der Waals surface area contributed by atoms with E-state index in [1.165, 1.54) is 12.8 Å². The van der Waals surface area contributed by atoms with E-state index in [1.54, 1.807) is 0 Å². The molecule has 1 fully saturated rings. The summed E-state index contributed by atoms with van der Waals surface area (Å²) in [6, 6.07) is 1.87. The van der Waals surface area contributed by atoms with E-state index >= 15 is 0 Å². The predicted molar refractivity (Wildman–Crippen MR) is 76.6 cm³/mol. The first kappa shape index (κ1) is 13.6. The van der Waals surface area contributed by atoms with Crippen LogP contribution in [0.2, 0.25) is 0 Å². The number of hydrogen-bond donors (Lipinski definition) is 0. The number of nitrogens with zero attached hydrogens (tertiary/aromatic N) is 3. The average molecular weight is 314 g/mol. The second kappa shape index (κ2) is 5.87. The van der Waals surface area contributed by atoms with Crippen LogP contribution in [0, 0.1) is 12.8 Å². The zero-order valence-corrected chi connectivity index (χ0v) is 12.8. The van der Waals surface area contributed by atoms with E-state index in [0.717, 1.165) is 24.1 Å². The van der Waals surface area contributed by atoms with Gasteiger partial charge in [-0.2, -0.15) is 4.98 Å². The summed E-state index contributed by atoms with van der Waals surface area (Å²) in [6.45, 7) is 5.58. The lowest BCUT2D eigenvalue weighted by Crippen LogP contribution is -2.35. The van der Waals surface area contributed by atoms with Crippen LogP contribution in [0.3, 0.4) is 0 Å². The maximum atomic E-state index is 5.45. The summed E-state index contributed by atoms with van der Waals surface area (Å²) < 4.78 is 5.45. The van der Waals surface area contributed by atoms with Gasteiger partial charge in [0.1, 0.15) is 0 Å². The number of hydrogen-bond acceptors (Lipinski definition) is 4. The van der Waals surface area contributed by atoms with Crippen LogP contribution < -0.4 is 9.64 Å². The van der Waals surface area contributed by atoms with Crippen molar-refractivity contribution in [3.05, 3.63) is 11.8 Å². The van der Waals surface area contributed by atoms with Gasteiger partial charge >= 0.3 is 0 Å². The zero-order valence-electron chi connectivity index (χ0n) is 11.2. The molecule has 2 rings (SSSR count). The summed E-state index contributed by atoms with van der Waals surface area (Å²) in [5.41, 5.74) is 0.947. The minimum absolute atomic E-state index is 0.632. The van der Waals surface area contributed by atoms with E-state index in [1.807, 2.05) is 27.0 Å². The maximum absolute atomic E-state index is 5.45. The molecule has 0 N–H and O–H groups in total. The topological polar surface area (TPSA) is 38.2 Å². The molecular weight excluding hydrogens is 294 g/mol. The van der Waals surface area contributed by atoms with E-state index < -0.39 is 0 Å². The van der Waals surface area contributed by atoms with Gasteiger partial charge in [-0.25, -0.2) is 4.98 Å². The molecule has 1 saturated carbocycles. The Kier molecular flexibility index (Phi) is 4.43. The summed E-state index contributed by atoms with van der Waals surface area (Å²) in [4.78, 5) is 11.7. The lowest BCUT2D eigenvalue weighted by molar-refractivity contribution is 0.323. The number of aryl methyl sites for hydroxylation is 1. The number of alkyl halides is 1. The minimum atomic E-state index is 0.632. The Hall–Kier alpha value is -0.840. The fraction of sp³-hybridized carbons (Fsp3) is 0.692. The van der Waals surface area contributed by atoms with E-state index in [0.29, 0.717) is 17.3 Å². The van der Waals surface area contributed by atoms with Gasteiger partial charge in [0.15, 0.2) is 0 Å². The Morgan fingerprint density at radius 2 is 2.17 bits per heavy atom. The van der Waals surface area contributed by atoms with Gasteiger partial charge in [0.05, 0.1) is 6.61 Å². The first-order valence-electron chi connectivity index (χ1n) is 6.42. The minimum Gasteiger partial charge on any atom is -0.478 e. The third-order valence-electron chi connectivity index (χ3n) is 3.16. The van der Waals surface area contributed by atoms with Gasteiger partial charge in [0.2, 0.25) is 11.8 Å². The summed E-state index contributed by atoms with van der Waals surface area (Å²) in [6.07, 6.45) is 2.49. The second-order valence-electron chi connectivity index (χ2n) is 4.90. The molecule has 0 aromatic carbocycles. The normalized spacial score (nSPS) is 22.4. The summed E-state index contributed by atoms with van der Waals surface area (Å²) >= 11 is 3.62. The van der Waals surface area contributed by atoms with Crippen molar-refractivity contribution in [2.45, 2.75) is 31.5 Å². The van der Waals surface area contributed by atoms with Gasteiger partial charge in [0, 0.05) is 30.2 Å². The highest BCUT2D eigenvalue weighted by molar-refractivity contribution is 9.09. The molecule has 1 aromatic heterocycles. The second-order valence-corrected chi connectivity index (χ2v) is 6.19. The van der Waals surface area contributed by atoms with Crippen molar-refractivity contribution in [2.24, 2.45) is 5.92 Å². The van der Waals surface area contributed by atoms with Gasteiger partial charge in [0.25, 0.3) is 0 Å². The number of rotatable bonds is 5. The molecule has 0 spiro atoms. The Bertz CT molecular complexity index is 407. The van der Waals surface area contributed by atoms with Crippen molar-refractivity contribution in [3.63, 3.8) is 0 Å². The molecule has 4 nitrogen and oxygen atoms in total. The third kappa shape index (κ3) is 3.34. The van der Waals surface area contributed by atoms with Crippen LogP contribution in [-0.4, -0.2) is 35.0 Å². The molecule has 0 atom stereocenters. The van der Waals surface area contributed by atoms with Gasteiger partial charge in [-0.1, -0.05) is 15.9 Å². The lowest BCUT2D eigenvalue weighted by atomic mass is 9.85. The van der Waals surface area contributed by atoms with Crippen LogP contribution in [0.5, 0.6) is 5.88 Å². The molecule has 1 aliphatic rings. The fourth-order valence-corrected chi connectivity index (χ4v) is 3.25. The third-order valence-corrected chi connectivity index (χ3v) is 3.91. The van der Waals surface area contributed by atoms with Crippen LogP contribution in [0.25, 0.3) is 0 Å². The molecule has 18 heavy (non-hydrogen) atoms. The quantitative estimate of drug-likeness (QED) is 0.783. The summed E-state index contributed by atoms with van der Waals surface area (Å²) in [5.74, 6) is 2.18. The van der Waals surface area contributed by atoms with Gasteiger partial charge < -0.3 is 9.64 Å². The molecule has 0 radical (unpaired) electrons. The number of halogens is 1. The van der Waals surface area contributed by atoms with Gasteiger partial charge in [-0.05, 0) is 32.6 Å². The van der Waals surface area contributed by atoms with Crippen LogP contribution in [0.15, 0.2) is 6.07 Å². The Morgan fingerprint density at radius 1 is 1.44 bits per heavy atom. The van der Waals surface area contributed by atoms with E-state index in [4.69, 9.17) is 4.74 Å². The molecule has 1 heterocycles. The Morgan fingerprint density at radius 3 is 2.78 bits per heavy atom. The van der Waals surface area contributed by atoms with E-state index in [9.17, 15) is 0 Å². The van der Waals surface area contributed by atoms with Crippen LogP contribution in [0.4, 0.5) is 5.95 Å². The van der Waals surface area contributed by atoms with E-state index in [-0.39, 0.29) is 0 Å². The molecule has 0 bridgehead atoms. The first-order valence-corrected chi connectivity index (χ1v) is 7.33. The van der Waals surface area contributed by atoms with Gasteiger partial charge in [-0.3, -0.25) is 0 Å². The highest BCUT2D eigenvalue weighted by Crippen LogP contribution is 2.34. The number of ether oxygens (including phenoxy) is 1. The smallest absolute Gasteiger partial charge is 0.228 e. The molecular formula is C13H20BrN3O. The van der Waals surface area contributed by atoms with Crippen LogP contribution >= 0.6 is 15.9 Å². The monoisotopic (exact) mass is 313 g/mol. The molecule has 0 saturated heterocycles. The van der Waals surface area contributed by atoms with Crippen LogP contribution in [0.1, 0.15) is 25.5 Å². The van der Waals surface area contributed by atoms with Crippen LogP contribution in [-0.2, 0) is 0 Å². The van der Waals surface area contributed by atoms with E-state index in [2.05, 4.69) is 30.8 Å². The highest BCUT2D eigenvalue weighted by Gasteiger charge is 2.28. The molecule has 0 amide bonds. The van der Waals surface area contributed by atoms with Crippen molar-refractivity contribution < 1.29 is 4.74 Å². The molecule has 100 valence electrons. The molecule has 0 aliphatic heterocycles. The summed E-state index contributed by atoms with van der Waals surface area (Å²) in [7, 11) is 2.05. The molecule has 1 aromatic rings. The van der Waals surface area contributed by atoms with Crippen molar-refractivity contribution in [3.8, 4) is 5.88 Å². The summed E-state index contributed by atoms with van der Waals surface area (Å²) in [5, 5.41) is 0. The zero-order chi connectivity index (χ0) is 13.1. The SMILES string of the molecule is CCOc1cc(C)nc(N(C)CC2CC(Br)C2)n1. The maximum Gasteiger partial charge on any atom is 0.228 e. The van der Waals surface area contributed by atoms with Crippen molar-refractivity contribution in [1.29, 1.82) is 0 Å². The largest absolute Gasteiger partial charge is 0.478 e. The van der Waals surface area contributed by atoms with Crippen molar-refractivity contribution in [1.82, 2.24) is 9.97 Å². The molecule has 0 unspecified atom stereocenters.